The highest BCUT2D eigenvalue weighted by Gasteiger charge is 2.56. The van der Waals surface area contributed by atoms with Crippen molar-refractivity contribution in [2.75, 3.05) is 6.61 Å². The van der Waals surface area contributed by atoms with Crippen molar-refractivity contribution in [3.8, 4) is 0 Å². The van der Waals surface area contributed by atoms with Crippen LogP contribution in [0.3, 0.4) is 0 Å². The van der Waals surface area contributed by atoms with E-state index in [1.807, 2.05) is 13.0 Å². The fourth-order valence-electron chi connectivity index (χ4n) is 7.05. The minimum absolute atomic E-state index is 0.0600. The normalized spacial score (nSPS) is 42.2. The van der Waals surface area contributed by atoms with Gasteiger partial charge < -0.3 is 15.3 Å². The largest absolute Gasteiger partial charge is 0.396 e. The van der Waals surface area contributed by atoms with Crippen LogP contribution in [0, 0.1) is 46.3 Å². The van der Waals surface area contributed by atoms with E-state index in [1.165, 1.54) is 0 Å². The SMILES string of the molecule is CC(C)C(C)C=CC(C)C1CCC(C2=CC(O)C3CC(O)CCC3(C)C2=O)C1(C)CCO. The highest BCUT2D eigenvalue weighted by atomic mass is 16.3. The van der Waals surface area contributed by atoms with Gasteiger partial charge in [0.05, 0.1) is 12.2 Å². The number of ketones is 1. The van der Waals surface area contributed by atoms with Gasteiger partial charge in [-0.1, -0.05) is 53.7 Å². The average Bonchev–Trinajstić information content (AvgIpc) is 3.07. The van der Waals surface area contributed by atoms with Crippen LogP contribution in [0.1, 0.15) is 80.1 Å². The Balaban J connectivity index is 1.90. The summed E-state index contributed by atoms with van der Waals surface area (Å²) in [6.07, 6.45) is 9.73. The highest BCUT2D eigenvalue weighted by Crippen LogP contribution is 2.59. The Bertz CT molecular complexity index is 740. The first kappa shape index (κ1) is 25.6. The molecule has 182 valence electrons. The van der Waals surface area contributed by atoms with Crippen LogP contribution in [0.5, 0.6) is 0 Å². The van der Waals surface area contributed by atoms with E-state index in [4.69, 9.17) is 0 Å². The summed E-state index contributed by atoms with van der Waals surface area (Å²) >= 11 is 0. The zero-order chi connectivity index (χ0) is 23.8. The van der Waals surface area contributed by atoms with Crippen molar-refractivity contribution in [3.63, 3.8) is 0 Å². The molecule has 0 heterocycles. The molecular weight excluding hydrogens is 400 g/mol. The summed E-state index contributed by atoms with van der Waals surface area (Å²) in [6.45, 7) is 13.4. The van der Waals surface area contributed by atoms with Crippen LogP contribution in [0.15, 0.2) is 23.8 Å². The number of aliphatic hydroxyl groups is 3. The number of fused-ring (bicyclic) bond motifs is 1. The molecule has 0 amide bonds. The molecule has 0 aromatic rings. The van der Waals surface area contributed by atoms with Crippen molar-refractivity contribution < 1.29 is 20.1 Å². The molecule has 3 rings (SSSR count). The zero-order valence-corrected chi connectivity index (χ0v) is 21.1. The maximum absolute atomic E-state index is 13.8. The standard InChI is InChI=1S/C28H46O4/c1-17(2)18(3)7-8-19(4)22-9-10-23(27(22,5)13-14-29)21-16-25(31)24-15-20(30)11-12-28(24,6)26(21)32/h7-8,16-20,22-25,29-31H,9-15H2,1-6H3. The van der Waals surface area contributed by atoms with Crippen molar-refractivity contribution in [3.05, 3.63) is 23.8 Å². The summed E-state index contributed by atoms with van der Waals surface area (Å²) in [5.74, 6) is 1.91. The van der Waals surface area contributed by atoms with Gasteiger partial charge in [-0.2, -0.15) is 0 Å². The highest BCUT2D eigenvalue weighted by molar-refractivity contribution is 6.01. The van der Waals surface area contributed by atoms with Gasteiger partial charge in [0, 0.05) is 17.9 Å². The molecule has 4 nitrogen and oxygen atoms in total. The quantitative estimate of drug-likeness (QED) is 0.485. The molecule has 9 unspecified atom stereocenters. The first-order chi connectivity index (χ1) is 15.0. The van der Waals surface area contributed by atoms with Crippen LogP contribution in [-0.2, 0) is 4.79 Å². The third kappa shape index (κ3) is 4.52. The van der Waals surface area contributed by atoms with Crippen LogP contribution in [0.2, 0.25) is 0 Å². The Hall–Kier alpha value is -0.970. The van der Waals surface area contributed by atoms with Crippen molar-refractivity contribution in [1.29, 1.82) is 0 Å². The smallest absolute Gasteiger partial charge is 0.165 e. The Morgan fingerprint density at radius 3 is 2.41 bits per heavy atom. The van der Waals surface area contributed by atoms with Gasteiger partial charge in [0.1, 0.15) is 0 Å². The summed E-state index contributed by atoms with van der Waals surface area (Å²) in [5, 5.41) is 31.1. The van der Waals surface area contributed by atoms with Gasteiger partial charge in [-0.15, -0.1) is 0 Å². The topological polar surface area (TPSA) is 77.8 Å². The van der Waals surface area contributed by atoms with E-state index in [-0.39, 0.29) is 29.6 Å². The third-order valence-corrected chi connectivity index (χ3v) is 9.72. The van der Waals surface area contributed by atoms with E-state index in [9.17, 15) is 20.1 Å². The van der Waals surface area contributed by atoms with Gasteiger partial charge in [0.2, 0.25) is 0 Å². The van der Waals surface area contributed by atoms with Crippen LogP contribution in [0.25, 0.3) is 0 Å². The van der Waals surface area contributed by atoms with Crippen LogP contribution in [0.4, 0.5) is 0 Å². The van der Waals surface area contributed by atoms with E-state index in [0.717, 1.165) is 18.4 Å². The molecule has 9 atom stereocenters. The minimum atomic E-state index is -0.690. The molecule has 0 aliphatic heterocycles. The van der Waals surface area contributed by atoms with Gasteiger partial charge in [-0.3, -0.25) is 4.79 Å². The lowest BCUT2D eigenvalue weighted by Gasteiger charge is -2.49. The molecule has 4 heteroatoms. The summed E-state index contributed by atoms with van der Waals surface area (Å²) in [4.78, 5) is 13.8. The number of carbonyl (C=O) groups excluding carboxylic acids is 1. The molecule has 3 aliphatic carbocycles. The lowest BCUT2D eigenvalue weighted by atomic mass is 9.55. The molecule has 0 radical (unpaired) electrons. The fraction of sp³-hybridized carbons (Fsp3) is 0.821. The van der Waals surface area contributed by atoms with Crippen LogP contribution < -0.4 is 0 Å². The lowest BCUT2D eigenvalue weighted by Crippen LogP contribution is -2.52. The maximum Gasteiger partial charge on any atom is 0.165 e. The predicted molar refractivity (Wildman–Crippen MR) is 129 cm³/mol. The molecule has 0 spiro atoms. The summed E-state index contributed by atoms with van der Waals surface area (Å²) in [6, 6.07) is 0. The second-order valence-corrected chi connectivity index (χ2v) is 12.0. The molecule has 2 fully saturated rings. The van der Waals surface area contributed by atoms with Gasteiger partial charge in [0.15, 0.2) is 5.78 Å². The fourth-order valence-corrected chi connectivity index (χ4v) is 7.05. The number of allylic oxidation sites excluding steroid dienone is 3. The Morgan fingerprint density at radius 2 is 1.78 bits per heavy atom. The first-order valence-corrected chi connectivity index (χ1v) is 12.9. The Labute approximate surface area is 195 Å². The van der Waals surface area contributed by atoms with Gasteiger partial charge in [-0.05, 0) is 85.2 Å². The van der Waals surface area contributed by atoms with Crippen molar-refractivity contribution >= 4 is 5.78 Å². The van der Waals surface area contributed by atoms with Gasteiger partial charge in [0.25, 0.3) is 0 Å². The molecule has 0 saturated heterocycles. The number of hydrogen-bond donors (Lipinski definition) is 3. The summed E-state index contributed by atoms with van der Waals surface area (Å²) in [5.41, 5.74) is 0.00921. The molecule has 0 aromatic carbocycles. The molecule has 3 N–H and O–H groups in total. The Kier molecular flexibility index (Phi) is 7.79. The van der Waals surface area contributed by atoms with Crippen molar-refractivity contribution in [1.82, 2.24) is 0 Å². The van der Waals surface area contributed by atoms with Gasteiger partial charge >= 0.3 is 0 Å². The second-order valence-electron chi connectivity index (χ2n) is 12.0. The lowest BCUT2D eigenvalue weighted by molar-refractivity contribution is -0.138. The molecule has 3 aliphatic rings. The molecule has 0 aromatic heterocycles. The molecule has 2 saturated carbocycles. The zero-order valence-electron chi connectivity index (χ0n) is 21.1. The third-order valence-electron chi connectivity index (χ3n) is 9.72. The molecule has 32 heavy (non-hydrogen) atoms. The van der Waals surface area contributed by atoms with Crippen LogP contribution >= 0.6 is 0 Å². The van der Waals surface area contributed by atoms with Crippen molar-refractivity contribution in [2.45, 2.75) is 92.3 Å². The number of aliphatic hydroxyl groups excluding tert-OH is 3. The van der Waals surface area contributed by atoms with Crippen LogP contribution in [-0.4, -0.2) is 39.9 Å². The number of hydrogen-bond acceptors (Lipinski definition) is 4. The Morgan fingerprint density at radius 1 is 1.09 bits per heavy atom. The minimum Gasteiger partial charge on any atom is -0.396 e. The number of rotatable bonds is 7. The van der Waals surface area contributed by atoms with E-state index in [0.29, 0.717) is 49.4 Å². The van der Waals surface area contributed by atoms with E-state index in [1.54, 1.807) is 0 Å². The number of carbonyl (C=O) groups is 1. The molecular formula is C28H46O4. The van der Waals surface area contributed by atoms with E-state index < -0.39 is 17.6 Å². The van der Waals surface area contributed by atoms with E-state index >= 15 is 0 Å². The van der Waals surface area contributed by atoms with Crippen molar-refractivity contribution in [2.24, 2.45) is 46.3 Å². The average molecular weight is 447 g/mol. The predicted octanol–water partition coefficient (Wildman–Crippen LogP) is 4.92. The first-order valence-electron chi connectivity index (χ1n) is 12.9. The maximum atomic E-state index is 13.8. The van der Waals surface area contributed by atoms with Gasteiger partial charge in [-0.25, -0.2) is 0 Å². The molecule has 0 bridgehead atoms. The number of Topliss-reactive ketones (excluding diaryl/α,β-unsaturated/α-hetero) is 1. The summed E-state index contributed by atoms with van der Waals surface area (Å²) in [7, 11) is 0. The second kappa shape index (κ2) is 9.72. The van der Waals surface area contributed by atoms with E-state index in [2.05, 4.69) is 46.8 Å². The summed E-state index contributed by atoms with van der Waals surface area (Å²) < 4.78 is 0. The monoisotopic (exact) mass is 446 g/mol.